The summed E-state index contributed by atoms with van der Waals surface area (Å²) in [6, 6.07) is 3.17. The number of halogens is 1. The van der Waals surface area contributed by atoms with Gasteiger partial charge in [0, 0.05) is 15.2 Å². The van der Waals surface area contributed by atoms with Crippen LogP contribution in [0.2, 0.25) is 0 Å². The number of benzene rings is 1. The Morgan fingerprint density at radius 2 is 2.20 bits per heavy atom. The Kier molecular flexibility index (Phi) is 4.31. The monoisotopic (exact) mass is 321 g/mol. The summed E-state index contributed by atoms with van der Waals surface area (Å²) in [5.41, 5.74) is 0.462. The van der Waals surface area contributed by atoms with Gasteiger partial charge in [-0.25, -0.2) is 0 Å². The highest BCUT2D eigenvalue weighted by Crippen LogP contribution is 2.32. The third-order valence-electron chi connectivity index (χ3n) is 2.13. The van der Waals surface area contributed by atoms with Gasteiger partial charge in [0.15, 0.2) is 5.75 Å². The highest BCUT2D eigenvalue weighted by atomic mass is 127. The second-order valence-electron chi connectivity index (χ2n) is 3.29. The summed E-state index contributed by atoms with van der Waals surface area (Å²) >= 11 is 2.02. The van der Waals surface area contributed by atoms with Crippen LogP contribution in [0.1, 0.15) is 25.3 Å². The molecule has 1 aromatic carbocycles. The van der Waals surface area contributed by atoms with Crippen molar-refractivity contribution in [2.45, 2.75) is 26.2 Å². The second kappa shape index (κ2) is 5.29. The molecule has 0 radical (unpaired) electrons. The second-order valence-corrected chi connectivity index (χ2v) is 4.54. The predicted octanol–water partition coefficient (Wildman–Crippen LogP) is 3.25. The minimum Gasteiger partial charge on any atom is -0.502 e. The molecule has 0 aliphatic carbocycles. The number of rotatable bonds is 4. The fourth-order valence-corrected chi connectivity index (χ4v) is 2.01. The average molecular weight is 321 g/mol. The quantitative estimate of drug-likeness (QED) is 0.526. The third-order valence-corrected chi connectivity index (χ3v) is 2.75. The van der Waals surface area contributed by atoms with Crippen molar-refractivity contribution in [3.8, 4) is 5.75 Å². The lowest BCUT2D eigenvalue weighted by Gasteiger charge is -2.05. The van der Waals surface area contributed by atoms with E-state index in [2.05, 4.69) is 0 Å². The summed E-state index contributed by atoms with van der Waals surface area (Å²) in [5.74, 6) is -0.186. The first-order valence-corrected chi connectivity index (χ1v) is 5.80. The van der Waals surface area contributed by atoms with E-state index < -0.39 is 4.92 Å². The van der Waals surface area contributed by atoms with Crippen LogP contribution in [0.4, 0.5) is 5.69 Å². The first-order chi connectivity index (χ1) is 7.06. The van der Waals surface area contributed by atoms with Crippen molar-refractivity contribution in [3.63, 3.8) is 0 Å². The van der Waals surface area contributed by atoms with E-state index in [1.807, 2.05) is 29.5 Å². The summed E-state index contributed by atoms with van der Waals surface area (Å²) in [6.45, 7) is 2.04. The minimum atomic E-state index is -0.549. The van der Waals surface area contributed by atoms with Gasteiger partial charge in [-0.1, -0.05) is 13.3 Å². The fourth-order valence-electron chi connectivity index (χ4n) is 1.34. The van der Waals surface area contributed by atoms with E-state index in [1.54, 1.807) is 6.07 Å². The molecule has 0 fully saturated rings. The number of hydrogen-bond acceptors (Lipinski definition) is 3. The van der Waals surface area contributed by atoms with Crippen molar-refractivity contribution in [3.05, 3.63) is 31.4 Å². The Balaban J connectivity index is 3.10. The number of aryl methyl sites for hydroxylation is 1. The number of hydrogen-bond donors (Lipinski definition) is 1. The number of nitrogens with zero attached hydrogens (tertiary/aromatic N) is 1. The summed E-state index contributed by atoms with van der Waals surface area (Å²) in [4.78, 5) is 10.1. The molecule has 0 bridgehead atoms. The molecule has 4 nitrogen and oxygen atoms in total. The molecule has 0 aromatic heterocycles. The van der Waals surface area contributed by atoms with Crippen molar-refractivity contribution >= 4 is 28.3 Å². The maximum absolute atomic E-state index is 10.6. The fraction of sp³-hybridized carbons (Fsp3) is 0.400. The number of phenols is 1. The van der Waals surface area contributed by atoms with E-state index in [-0.39, 0.29) is 11.4 Å². The summed E-state index contributed by atoms with van der Waals surface area (Å²) in [6.07, 6.45) is 2.60. The van der Waals surface area contributed by atoms with Gasteiger partial charge in [-0.3, -0.25) is 10.1 Å². The minimum absolute atomic E-state index is 0.186. The molecule has 0 aliphatic heterocycles. The van der Waals surface area contributed by atoms with Gasteiger partial charge in [-0.15, -0.1) is 0 Å². The van der Waals surface area contributed by atoms with Crippen LogP contribution in [-0.2, 0) is 6.42 Å². The standard InChI is InChI=1S/C10H12INO3/c1-2-3-4-7-5-8(11)6-9(10(7)13)12(14)15/h5-6,13H,2-4H2,1H3. The Hall–Kier alpha value is -0.850. The van der Waals surface area contributed by atoms with E-state index in [4.69, 9.17) is 0 Å². The van der Waals surface area contributed by atoms with Crippen molar-refractivity contribution in [1.82, 2.24) is 0 Å². The number of nitro benzene ring substituents is 1. The van der Waals surface area contributed by atoms with Gasteiger partial charge in [0.25, 0.3) is 0 Å². The molecule has 1 aromatic rings. The molecule has 15 heavy (non-hydrogen) atoms. The zero-order valence-electron chi connectivity index (χ0n) is 8.36. The van der Waals surface area contributed by atoms with Gasteiger partial charge >= 0.3 is 5.69 Å². The van der Waals surface area contributed by atoms with Crippen LogP contribution < -0.4 is 0 Å². The van der Waals surface area contributed by atoms with E-state index in [1.165, 1.54) is 6.07 Å². The largest absolute Gasteiger partial charge is 0.502 e. The zero-order valence-corrected chi connectivity index (χ0v) is 10.5. The summed E-state index contributed by atoms with van der Waals surface area (Å²) in [7, 11) is 0. The predicted molar refractivity (Wildman–Crippen MR) is 66.1 cm³/mol. The Morgan fingerprint density at radius 1 is 1.53 bits per heavy atom. The molecular formula is C10H12INO3. The van der Waals surface area contributed by atoms with Gasteiger partial charge in [0.2, 0.25) is 0 Å². The highest BCUT2D eigenvalue weighted by Gasteiger charge is 2.17. The number of unbranched alkanes of at least 4 members (excludes halogenated alkanes) is 1. The summed E-state index contributed by atoms with van der Waals surface area (Å²) < 4.78 is 0.781. The number of nitro groups is 1. The smallest absolute Gasteiger partial charge is 0.312 e. The van der Waals surface area contributed by atoms with E-state index in [0.717, 1.165) is 16.4 Å². The highest BCUT2D eigenvalue weighted by molar-refractivity contribution is 14.1. The molecule has 0 spiro atoms. The Morgan fingerprint density at radius 3 is 2.73 bits per heavy atom. The zero-order chi connectivity index (χ0) is 11.4. The van der Waals surface area contributed by atoms with Crippen LogP contribution in [0.5, 0.6) is 5.75 Å². The van der Waals surface area contributed by atoms with E-state index >= 15 is 0 Å². The van der Waals surface area contributed by atoms with Crippen molar-refractivity contribution in [1.29, 1.82) is 0 Å². The molecule has 1 rings (SSSR count). The number of phenolic OH excluding ortho intramolecular Hbond substituents is 1. The van der Waals surface area contributed by atoms with Gasteiger partial charge in [-0.05, 0) is 41.5 Å². The van der Waals surface area contributed by atoms with Crippen LogP contribution in [-0.4, -0.2) is 10.0 Å². The van der Waals surface area contributed by atoms with E-state index in [0.29, 0.717) is 12.0 Å². The molecule has 0 amide bonds. The third kappa shape index (κ3) is 3.05. The number of aromatic hydroxyl groups is 1. The van der Waals surface area contributed by atoms with Crippen LogP contribution in [0.25, 0.3) is 0 Å². The molecule has 0 aliphatic rings. The first-order valence-electron chi connectivity index (χ1n) is 4.72. The maximum atomic E-state index is 10.6. The normalized spacial score (nSPS) is 10.3. The molecule has 0 atom stereocenters. The molecule has 0 saturated heterocycles. The van der Waals surface area contributed by atoms with Gasteiger partial charge in [0.1, 0.15) is 0 Å². The van der Waals surface area contributed by atoms with Crippen molar-refractivity contribution in [2.24, 2.45) is 0 Å². The lowest BCUT2D eigenvalue weighted by atomic mass is 10.1. The molecular weight excluding hydrogens is 309 g/mol. The Labute approximate surface area is 102 Å². The average Bonchev–Trinajstić information content (AvgIpc) is 2.18. The van der Waals surface area contributed by atoms with Gasteiger partial charge in [-0.2, -0.15) is 0 Å². The first kappa shape index (κ1) is 12.2. The van der Waals surface area contributed by atoms with Crippen LogP contribution in [0.3, 0.4) is 0 Å². The van der Waals surface area contributed by atoms with Gasteiger partial charge < -0.3 is 5.11 Å². The van der Waals surface area contributed by atoms with Crippen molar-refractivity contribution in [2.75, 3.05) is 0 Å². The lowest BCUT2D eigenvalue weighted by Crippen LogP contribution is -1.94. The molecule has 0 saturated carbocycles. The molecule has 0 heterocycles. The van der Waals surface area contributed by atoms with Crippen LogP contribution >= 0.6 is 22.6 Å². The molecule has 0 unspecified atom stereocenters. The summed E-state index contributed by atoms with van der Waals surface area (Å²) in [5, 5.41) is 20.3. The topological polar surface area (TPSA) is 63.4 Å². The SMILES string of the molecule is CCCCc1cc(I)cc([N+](=O)[O-])c1O. The Bertz CT molecular complexity index is 379. The maximum Gasteiger partial charge on any atom is 0.312 e. The van der Waals surface area contributed by atoms with Gasteiger partial charge in [0.05, 0.1) is 4.92 Å². The molecule has 1 N–H and O–H groups in total. The van der Waals surface area contributed by atoms with Crippen LogP contribution in [0.15, 0.2) is 12.1 Å². The van der Waals surface area contributed by atoms with Crippen molar-refractivity contribution < 1.29 is 10.0 Å². The molecule has 5 heteroatoms. The van der Waals surface area contributed by atoms with Crippen LogP contribution in [0, 0.1) is 13.7 Å². The lowest BCUT2D eigenvalue weighted by molar-refractivity contribution is -0.386. The van der Waals surface area contributed by atoms with E-state index in [9.17, 15) is 15.2 Å². The molecule has 82 valence electrons.